The number of carbonyl (C=O) groups excluding carboxylic acids is 1. The number of amides is 1. The number of nitrogens with one attached hydrogen (secondary N) is 1. The van der Waals surface area contributed by atoms with Gasteiger partial charge in [-0.1, -0.05) is 30.7 Å². The van der Waals surface area contributed by atoms with Crippen molar-refractivity contribution in [2.75, 3.05) is 5.75 Å². The number of halogens is 1. The first-order chi connectivity index (χ1) is 7.46. The molecule has 4 nitrogen and oxygen atoms in total. The molecule has 0 bridgehead atoms. The van der Waals surface area contributed by atoms with Crippen molar-refractivity contribution in [2.45, 2.75) is 13.3 Å². The molecule has 0 aromatic heterocycles. The van der Waals surface area contributed by atoms with Crippen LogP contribution in [0.3, 0.4) is 0 Å². The molecule has 0 heterocycles. The number of sulfonamides is 1. The molecule has 0 aliphatic carbocycles. The van der Waals surface area contributed by atoms with Crippen molar-refractivity contribution in [1.82, 2.24) is 4.72 Å². The number of benzene rings is 1. The summed E-state index contributed by atoms with van der Waals surface area (Å²) in [5, 5.41) is 0.228. The van der Waals surface area contributed by atoms with E-state index in [1.165, 1.54) is 12.1 Å². The summed E-state index contributed by atoms with van der Waals surface area (Å²) in [7, 11) is -3.55. The normalized spacial score (nSPS) is 11.1. The maximum absolute atomic E-state index is 11.6. The van der Waals surface area contributed by atoms with E-state index >= 15 is 0 Å². The Labute approximate surface area is 99.7 Å². The molecule has 1 aromatic rings. The lowest BCUT2D eigenvalue weighted by Gasteiger charge is -2.06. The Balaban J connectivity index is 2.85. The van der Waals surface area contributed by atoms with Gasteiger partial charge in [0.05, 0.1) is 16.3 Å². The zero-order chi connectivity index (χ0) is 12.2. The van der Waals surface area contributed by atoms with Crippen LogP contribution in [0.15, 0.2) is 24.3 Å². The third kappa shape index (κ3) is 3.50. The van der Waals surface area contributed by atoms with E-state index in [9.17, 15) is 13.2 Å². The van der Waals surface area contributed by atoms with Crippen molar-refractivity contribution in [1.29, 1.82) is 0 Å². The van der Waals surface area contributed by atoms with Crippen LogP contribution in [0, 0.1) is 0 Å². The van der Waals surface area contributed by atoms with Crippen LogP contribution in [0.2, 0.25) is 5.02 Å². The number of carbonyl (C=O) groups is 1. The highest BCUT2D eigenvalue weighted by Crippen LogP contribution is 2.14. The van der Waals surface area contributed by atoms with Gasteiger partial charge in [0, 0.05) is 0 Å². The van der Waals surface area contributed by atoms with Gasteiger partial charge in [0.25, 0.3) is 5.91 Å². The van der Waals surface area contributed by atoms with Crippen LogP contribution < -0.4 is 4.72 Å². The molecule has 0 radical (unpaired) electrons. The second-order valence-corrected chi connectivity index (χ2v) is 5.48. The Kier molecular flexibility index (Phi) is 4.32. The third-order valence-electron chi connectivity index (χ3n) is 1.84. The zero-order valence-electron chi connectivity index (χ0n) is 8.73. The molecule has 88 valence electrons. The van der Waals surface area contributed by atoms with E-state index in [-0.39, 0.29) is 16.3 Å². The molecule has 1 N–H and O–H groups in total. The van der Waals surface area contributed by atoms with E-state index in [2.05, 4.69) is 0 Å². The van der Waals surface area contributed by atoms with Crippen molar-refractivity contribution in [3.8, 4) is 0 Å². The molecule has 16 heavy (non-hydrogen) atoms. The minimum absolute atomic E-state index is 0.0802. The summed E-state index contributed by atoms with van der Waals surface area (Å²) in [6, 6.07) is 6.29. The molecule has 1 amide bonds. The van der Waals surface area contributed by atoms with E-state index in [4.69, 9.17) is 11.6 Å². The maximum atomic E-state index is 11.6. The van der Waals surface area contributed by atoms with Gasteiger partial charge in [-0.05, 0) is 18.6 Å². The molecule has 0 saturated heterocycles. The van der Waals surface area contributed by atoms with E-state index in [1.807, 2.05) is 4.72 Å². The van der Waals surface area contributed by atoms with Crippen LogP contribution >= 0.6 is 11.6 Å². The summed E-state index contributed by atoms with van der Waals surface area (Å²) in [6.07, 6.45) is 0.450. The number of hydrogen-bond donors (Lipinski definition) is 1. The van der Waals surface area contributed by atoms with Gasteiger partial charge in [0.15, 0.2) is 0 Å². The zero-order valence-corrected chi connectivity index (χ0v) is 10.3. The largest absolute Gasteiger partial charge is 0.268 e. The van der Waals surface area contributed by atoms with Gasteiger partial charge in [-0.25, -0.2) is 13.1 Å². The first kappa shape index (κ1) is 13.0. The molecule has 0 atom stereocenters. The van der Waals surface area contributed by atoms with Gasteiger partial charge >= 0.3 is 0 Å². The van der Waals surface area contributed by atoms with Crippen LogP contribution in [0.5, 0.6) is 0 Å². The van der Waals surface area contributed by atoms with Crippen molar-refractivity contribution in [3.05, 3.63) is 34.9 Å². The maximum Gasteiger partial charge on any atom is 0.266 e. The lowest BCUT2D eigenvalue weighted by Crippen LogP contribution is -2.32. The topological polar surface area (TPSA) is 63.2 Å². The van der Waals surface area contributed by atoms with Gasteiger partial charge in [0.1, 0.15) is 0 Å². The summed E-state index contributed by atoms with van der Waals surface area (Å²) in [5.41, 5.74) is 0.156. The summed E-state index contributed by atoms with van der Waals surface area (Å²) in [4.78, 5) is 11.6. The highest BCUT2D eigenvalue weighted by molar-refractivity contribution is 7.90. The first-order valence-electron chi connectivity index (χ1n) is 4.75. The van der Waals surface area contributed by atoms with E-state index in [0.717, 1.165) is 0 Å². The Hall–Kier alpha value is -1.07. The molecule has 0 fully saturated rings. The van der Waals surface area contributed by atoms with Gasteiger partial charge in [-0.2, -0.15) is 0 Å². The first-order valence-corrected chi connectivity index (χ1v) is 6.78. The predicted octanol–water partition coefficient (Wildman–Crippen LogP) is 1.81. The van der Waals surface area contributed by atoms with Crippen molar-refractivity contribution in [2.24, 2.45) is 0 Å². The molecular weight excluding hydrogens is 250 g/mol. The fourth-order valence-corrected chi connectivity index (χ4v) is 2.41. The van der Waals surface area contributed by atoms with Crippen LogP contribution in [0.4, 0.5) is 0 Å². The fraction of sp³-hybridized carbons (Fsp3) is 0.300. The van der Waals surface area contributed by atoms with Crippen LogP contribution in [0.25, 0.3) is 0 Å². The quantitative estimate of drug-likeness (QED) is 0.899. The van der Waals surface area contributed by atoms with Crippen molar-refractivity contribution < 1.29 is 13.2 Å². The second kappa shape index (κ2) is 5.32. The molecule has 0 spiro atoms. The van der Waals surface area contributed by atoms with Gasteiger partial charge in [0.2, 0.25) is 10.0 Å². The highest BCUT2D eigenvalue weighted by Gasteiger charge is 2.16. The van der Waals surface area contributed by atoms with E-state index in [1.54, 1.807) is 19.1 Å². The predicted molar refractivity (Wildman–Crippen MR) is 63.0 cm³/mol. The average molecular weight is 262 g/mol. The summed E-state index contributed by atoms with van der Waals surface area (Å²) >= 11 is 5.77. The molecule has 1 rings (SSSR count). The Morgan fingerprint density at radius 1 is 1.38 bits per heavy atom. The highest BCUT2D eigenvalue weighted by atomic mass is 35.5. The third-order valence-corrected chi connectivity index (χ3v) is 3.61. The summed E-state index contributed by atoms with van der Waals surface area (Å²) in [5.74, 6) is -0.775. The molecule has 1 aromatic carbocycles. The van der Waals surface area contributed by atoms with Crippen LogP contribution in [0.1, 0.15) is 23.7 Å². The lowest BCUT2D eigenvalue weighted by molar-refractivity contribution is 0.0981. The minimum atomic E-state index is -3.55. The smallest absolute Gasteiger partial charge is 0.266 e. The lowest BCUT2D eigenvalue weighted by atomic mass is 10.2. The second-order valence-electron chi connectivity index (χ2n) is 3.23. The molecular formula is C10H12ClNO3S. The monoisotopic (exact) mass is 261 g/mol. The number of rotatable bonds is 4. The average Bonchev–Trinajstić information content (AvgIpc) is 2.17. The Bertz CT molecular complexity index is 485. The fourth-order valence-electron chi connectivity index (χ4n) is 1.16. The number of hydrogen-bond acceptors (Lipinski definition) is 3. The summed E-state index contributed by atoms with van der Waals surface area (Å²) < 4.78 is 24.7. The van der Waals surface area contributed by atoms with Gasteiger partial charge in [-0.3, -0.25) is 4.79 Å². The minimum Gasteiger partial charge on any atom is -0.268 e. The SMILES string of the molecule is CCCS(=O)(=O)NC(=O)c1ccccc1Cl. The summed E-state index contributed by atoms with van der Waals surface area (Å²) in [6.45, 7) is 1.72. The molecule has 0 aliphatic heterocycles. The van der Waals surface area contributed by atoms with Crippen molar-refractivity contribution in [3.63, 3.8) is 0 Å². The van der Waals surface area contributed by atoms with Crippen LogP contribution in [-0.4, -0.2) is 20.1 Å². The Morgan fingerprint density at radius 2 is 2.00 bits per heavy atom. The standard InChI is InChI=1S/C10H12ClNO3S/c1-2-7-16(14,15)12-10(13)8-5-3-4-6-9(8)11/h3-6H,2,7H2,1H3,(H,12,13). The van der Waals surface area contributed by atoms with Crippen LogP contribution in [-0.2, 0) is 10.0 Å². The van der Waals surface area contributed by atoms with Crippen molar-refractivity contribution >= 4 is 27.5 Å². The van der Waals surface area contributed by atoms with Gasteiger partial charge < -0.3 is 0 Å². The molecule has 0 unspecified atom stereocenters. The molecule has 0 aliphatic rings. The van der Waals surface area contributed by atoms with E-state index in [0.29, 0.717) is 6.42 Å². The molecule has 6 heteroatoms. The van der Waals surface area contributed by atoms with Gasteiger partial charge in [-0.15, -0.1) is 0 Å². The van der Waals surface area contributed by atoms with E-state index < -0.39 is 15.9 Å². The molecule has 0 saturated carbocycles. The Morgan fingerprint density at radius 3 is 2.56 bits per heavy atom.